The quantitative estimate of drug-likeness (QED) is 0.658. The van der Waals surface area contributed by atoms with E-state index in [0.29, 0.717) is 6.54 Å². The van der Waals surface area contributed by atoms with E-state index in [1.807, 2.05) is 59.4 Å². The molecule has 0 aliphatic rings. The number of nitrogens with one attached hydrogen (secondary N) is 2. The summed E-state index contributed by atoms with van der Waals surface area (Å²) in [7, 11) is 0. The molecule has 1 aromatic carbocycles. The number of benzene rings is 1. The van der Waals surface area contributed by atoms with E-state index >= 15 is 0 Å². The Morgan fingerprint density at radius 3 is 3.00 bits per heavy atom. The molecule has 2 N–H and O–H groups in total. The number of anilines is 1. The van der Waals surface area contributed by atoms with Gasteiger partial charge in [-0.2, -0.15) is 0 Å². The molecule has 2 amide bonds. The minimum atomic E-state index is -0.249. The molecule has 0 aliphatic carbocycles. The van der Waals surface area contributed by atoms with Crippen molar-refractivity contribution >= 4 is 45.1 Å². The lowest BCUT2D eigenvalue weighted by molar-refractivity contribution is 0.251. The van der Waals surface area contributed by atoms with Crippen LogP contribution in [0.2, 0.25) is 0 Å². The van der Waals surface area contributed by atoms with Crippen LogP contribution in [0.5, 0.6) is 0 Å². The Balaban J connectivity index is 1.61. The minimum absolute atomic E-state index is 0.249. The molecule has 0 fully saturated rings. The predicted molar refractivity (Wildman–Crippen MR) is 97.0 cm³/mol. The average Bonchev–Trinajstić information content (AvgIpc) is 2.95. The molecular formula is C16H15BrN4OS. The summed E-state index contributed by atoms with van der Waals surface area (Å²) in [5.41, 5.74) is 2.42. The van der Waals surface area contributed by atoms with Crippen molar-refractivity contribution < 1.29 is 4.79 Å². The van der Waals surface area contributed by atoms with Gasteiger partial charge in [-0.15, -0.1) is 11.8 Å². The Hall–Kier alpha value is -1.99. The van der Waals surface area contributed by atoms with Crippen molar-refractivity contribution in [1.29, 1.82) is 0 Å². The van der Waals surface area contributed by atoms with E-state index < -0.39 is 0 Å². The van der Waals surface area contributed by atoms with Crippen LogP contribution in [-0.4, -0.2) is 21.7 Å². The summed E-state index contributed by atoms with van der Waals surface area (Å²) in [5.74, 6) is 0. The molecule has 118 valence electrons. The first-order valence-electron chi connectivity index (χ1n) is 6.96. The van der Waals surface area contributed by atoms with E-state index in [4.69, 9.17) is 0 Å². The van der Waals surface area contributed by atoms with Gasteiger partial charge in [0.15, 0.2) is 0 Å². The monoisotopic (exact) mass is 390 g/mol. The minimum Gasteiger partial charge on any atom is -0.332 e. The molecule has 7 heteroatoms. The number of urea groups is 1. The molecule has 2 aromatic heterocycles. The van der Waals surface area contributed by atoms with Crippen molar-refractivity contribution in [2.45, 2.75) is 11.4 Å². The predicted octanol–water partition coefficient (Wildman–Crippen LogP) is 4.14. The normalized spacial score (nSPS) is 10.7. The van der Waals surface area contributed by atoms with Crippen molar-refractivity contribution in [3.63, 3.8) is 0 Å². The summed E-state index contributed by atoms with van der Waals surface area (Å²) in [6, 6.07) is 11.3. The van der Waals surface area contributed by atoms with Gasteiger partial charge in [0.1, 0.15) is 5.65 Å². The Kier molecular flexibility index (Phi) is 4.88. The Labute approximate surface area is 146 Å². The molecule has 0 spiro atoms. The third-order valence-electron chi connectivity index (χ3n) is 3.22. The molecule has 0 aliphatic heterocycles. The van der Waals surface area contributed by atoms with Gasteiger partial charge >= 0.3 is 6.03 Å². The summed E-state index contributed by atoms with van der Waals surface area (Å²) >= 11 is 5.06. The Morgan fingerprint density at radius 1 is 1.30 bits per heavy atom. The van der Waals surface area contributed by atoms with E-state index in [9.17, 15) is 4.79 Å². The fourth-order valence-electron chi connectivity index (χ4n) is 2.15. The number of nitrogens with zero attached hydrogens (tertiary/aromatic N) is 2. The zero-order valence-corrected chi connectivity index (χ0v) is 14.8. The maximum Gasteiger partial charge on any atom is 0.319 e. The Bertz CT molecular complexity index is 849. The third kappa shape index (κ3) is 4.05. The lowest BCUT2D eigenvalue weighted by atomic mass is 10.3. The van der Waals surface area contributed by atoms with Gasteiger partial charge in [-0.1, -0.05) is 6.07 Å². The molecule has 5 nitrogen and oxygen atoms in total. The van der Waals surface area contributed by atoms with Crippen molar-refractivity contribution in [2.75, 3.05) is 11.6 Å². The summed E-state index contributed by atoms with van der Waals surface area (Å²) in [6.45, 7) is 0.368. The van der Waals surface area contributed by atoms with Crippen LogP contribution >= 0.6 is 27.7 Å². The number of imidazole rings is 1. The summed E-state index contributed by atoms with van der Waals surface area (Å²) in [5, 5.41) is 5.64. The first kappa shape index (κ1) is 15.9. The highest BCUT2D eigenvalue weighted by atomic mass is 79.9. The summed E-state index contributed by atoms with van der Waals surface area (Å²) in [6.07, 6.45) is 5.83. The summed E-state index contributed by atoms with van der Waals surface area (Å²) < 4.78 is 2.90. The molecule has 2 heterocycles. The van der Waals surface area contributed by atoms with Crippen LogP contribution in [0.15, 0.2) is 58.2 Å². The van der Waals surface area contributed by atoms with Crippen LogP contribution in [0.25, 0.3) is 5.65 Å². The molecule has 0 unspecified atom stereocenters. The number of rotatable bonds is 4. The van der Waals surface area contributed by atoms with Gasteiger partial charge in [-0.3, -0.25) is 0 Å². The van der Waals surface area contributed by atoms with E-state index in [1.54, 1.807) is 11.8 Å². The number of fused-ring (bicyclic) bond motifs is 1. The SMILES string of the molecule is CSc1cccc(NC(=O)NCc2cn3cc(Br)ccc3n2)c1. The van der Waals surface area contributed by atoms with Crippen LogP contribution in [0, 0.1) is 0 Å². The number of carbonyl (C=O) groups excluding carboxylic acids is 1. The highest BCUT2D eigenvalue weighted by Crippen LogP contribution is 2.18. The fraction of sp³-hybridized carbons (Fsp3) is 0.125. The maximum absolute atomic E-state index is 12.0. The van der Waals surface area contributed by atoms with E-state index in [0.717, 1.165) is 26.4 Å². The lowest BCUT2D eigenvalue weighted by Crippen LogP contribution is -2.28. The number of hydrogen-bond acceptors (Lipinski definition) is 3. The zero-order chi connectivity index (χ0) is 16.2. The highest BCUT2D eigenvalue weighted by Gasteiger charge is 2.05. The number of aromatic nitrogens is 2. The van der Waals surface area contributed by atoms with Crippen molar-refractivity contribution in [1.82, 2.24) is 14.7 Å². The number of carbonyl (C=O) groups is 1. The highest BCUT2D eigenvalue weighted by molar-refractivity contribution is 9.10. The summed E-state index contributed by atoms with van der Waals surface area (Å²) in [4.78, 5) is 17.5. The van der Waals surface area contributed by atoms with Gasteiger partial charge in [0.2, 0.25) is 0 Å². The smallest absolute Gasteiger partial charge is 0.319 e. The van der Waals surface area contributed by atoms with Crippen LogP contribution in [0.4, 0.5) is 10.5 Å². The topological polar surface area (TPSA) is 58.4 Å². The molecule has 0 saturated carbocycles. The van der Waals surface area contributed by atoms with Gasteiger partial charge in [0.25, 0.3) is 0 Å². The van der Waals surface area contributed by atoms with Crippen LogP contribution in [-0.2, 0) is 6.54 Å². The lowest BCUT2D eigenvalue weighted by Gasteiger charge is -2.07. The van der Waals surface area contributed by atoms with E-state index in [-0.39, 0.29) is 6.03 Å². The van der Waals surface area contributed by atoms with Gasteiger partial charge in [-0.05, 0) is 52.5 Å². The zero-order valence-electron chi connectivity index (χ0n) is 12.4. The molecule has 3 aromatic rings. The molecule has 0 radical (unpaired) electrons. The Morgan fingerprint density at radius 2 is 2.17 bits per heavy atom. The molecule has 0 saturated heterocycles. The number of amides is 2. The molecule has 0 atom stereocenters. The fourth-order valence-corrected chi connectivity index (χ4v) is 2.96. The van der Waals surface area contributed by atoms with Gasteiger partial charge in [-0.25, -0.2) is 9.78 Å². The first-order chi connectivity index (χ1) is 11.1. The second-order valence-corrected chi connectivity index (χ2v) is 6.68. The van der Waals surface area contributed by atoms with Crippen molar-refractivity contribution in [3.8, 4) is 0 Å². The second kappa shape index (κ2) is 7.06. The van der Waals surface area contributed by atoms with Crippen molar-refractivity contribution in [2.24, 2.45) is 0 Å². The van der Waals surface area contributed by atoms with Crippen LogP contribution < -0.4 is 10.6 Å². The van der Waals surface area contributed by atoms with Crippen LogP contribution in [0.1, 0.15) is 5.69 Å². The largest absolute Gasteiger partial charge is 0.332 e. The first-order valence-corrected chi connectivity index (χ1v) is 8.98. The average molecular weight is 391 g/mol. The molecular weight excluding hydrogens is 376 g/mol. The number of hydrogen-bond donors (Lipinski definition) is 2. The van der Waals surface area contributed by atoms with Gasteiger partial charge in [0.05, 0.1) is 12.2 Å². The van der Waals surface area contributed by atoms with Crippen molar-refractivity contribution in [3.05, 3.63) is 59.0 Å². The van der Waals surface area contributed by atoms with E-state index in [2.05, 4.69) is 31.5 Å². The maximum atomic E-state index is 12.0. The van der Waals surface area contributed by atoms with Crippen LogP contribution in [0.3, 0.4) is 0 Å². The standard InChI is InChI=1S/C16H15BrN4OS/c1-23-14-4-2-3-12(7-14)20-16(22)18-8-13-10-21-9-11(17)5-6-15(21)19-13/h2-7,9-10H,8H2,1H3,(H2,18,20,22). The molecule has 0 bridgehead atoms. The molecule has 23 heavy (non-hydrogen) atoms. The number of pyridine rings is 1. The number of halogens is 1. The van der Waals surface area contributed by atoms with Gasteiger partial charge in [0, 0.05) is 27.4 Å². The third-order valence-corrected chi connectivity index (χ3v) is 4.42. The van der Waals surface area contributed by atoms with Gasteiger partial charge < -0.3 is 15.0 Å². The number of thioether (sulfide) groups is 1. The van der Waals surface area contributed by atoms with E-state index in [1.165, 1.54) is 0 Å². The second-order valence-electron chi connectivity index (χ2n) is 4.88. The molecule has 3 rings (SSSR count).